The fourth-order valence-corrected chi connectivity index (χ4v) is 2.78. The van der Waals surface area contributed by atoms with Crippen molar-refractivity contribution in [1.82, 2.24) is 19.7 Å². The molecule has 0 aliphatic heterocycles. The van der Waals surface area contributed by atoms with Crippen LogP contribution in [0.4, 0.5) is 10.5 Å². The Balaban J connectivity index is 1.35. The molecular weight excluding hydrogens is 338 g/mol. The van der Waals surface area contributed by atoms with Crippen LogP contribution in [0.1, 0.15) is 5.56 Å². The van der Waals surface area contributed by atoms with Gasteiger partial charge < -0.3 is 15.2 Å². The molecule has 27 heavy (non-hydrogen) atoms. The molecular formula is C21H19N5O. The number of urea groups is 1. The van der Waals surface area contributed by atoms with E-state index in [1.165, 1.54) is 0 Å². The third-order valence-electron chi connectivity index (χ3n) is 4.12. The molecule has 4 aromatic rings. The number of amides is 2. The van der Waals surface area contributed by atoms with Gasteiger partial charge in [0.05, 0.1) is 11.9 Å². The first-order valence-corrected chi connectivity index (χ1v) is 8.65. The summed E-state index contributed by atoms with van der Waals surface area (Å²) in [6, 6.07) is 21.2. The molecule has 6 nitrogen and oxygen atoms in total. The predicted octanol–water partition coefficient (Wildman–Crippen LogP) is 3.98. The van der Waals surface area contributed by atoms with Gasteiger partial charge in [-0.25, -0.2) is 9.48 Å². The Morgan fingerprint density at radius 1 is 0.926 bits per heavy atom. The van der Waals surface area contributed by atoms with E-state index in [0.29, 0.717) is 6.54 Å². The van der Waals surface area contributed by atoms with E-state index in [-0.39, 0.29) is 6.03 Å². The van der Waals surface area contributed by atoms with Crippen molar-refractivity contribution in [3.63, 3.8) is 0 Å². The SMILES string of the molecule is O=C(NCc1cnn(-c2ccccc2)c1)Nc1cccc(-n2cccc2)c1. The van der Waals surface area contributed by atoms with Gasteiger partial charge in [-0.2, -0.15) is 5.10 Å². The zero-order chi connectivity index (χ0) is 18.5. The van der Waals surface area contributed by atoms with Crippen molar-refractivity contribution in [2.75, 3.05) is 5.32 Å². The van der Waals surface area contributed by atoms with Crippen LogP contribution < -0.4 is 10.6 Å². The van der Waals surface area contributed by atoms with E-state index in [1.54, 1.807) is 10.9 Å². The first-order chi connectivity index (χ1) is 13.3. The molecule has 0 unspecified atom stereocenters. The van der Waals surface area contributed by atoms with Gasteiger partial charge in [-0.05, 0) is 42.5 Å². The standard InChI is InChI=1S/C21H19N5O/c27-21(24-18-7-6-10-20(13-18)25-11-4-5-12-25)22-14-17-15-23-26(16-17)19-8-2-1-3-9-19/h1-13,15-16H,14H2,(H2,22,24,27). The molecule has 0 atom stereocenters. The molecule has 0 radical (unpaired) electrons. The lowest BCUT2D eigenvalue weighted by atomic mass is 10.2. The lowest BCUT2D eigenvalue weighted by Crippen LogP contribution is -2.28. The number of rotatable bonds is 5. The van der Waals surface area contributed by atoms with Gasteiger partial charge in [0.2, 0.25) is 0 Å². The Kier molecular flexibility index (Phi) is 4.70. The summed E-state index contributed by atoms with van der Waals surface area (Å²) in [5.41, 5.74) is 3.63. The van der Waals surface area contributed by atoms with E-state index in [0.717, 1.165) is 22.6 Å². The maximum absolute atomic E-state index is 12.2. The second-order valence-corrected chi connectivity index (χ2v) is 6.08. The largest absolute Gasteiger partial charge is 0.334 e. The number of nitrogens with one attached hydrogen (secondary N) is 2. The second kappa shape index (κ2) is 7.61. The Labute approximate surface area is 157 Å². The van der Waals surface area contributed by atoms with E-state index < -0.39 is 0 Å². The molecule has 2 aromatic carbocycles. The van der Waals surface area contributed by atoms with Gasteiger partial charge in [-0.3, -0.25) is 0 Å². The number of nitrogens with zero attached hydrogens (tertiary/aromatic N) is 3. The molecule has 2 N–H and O–H groups in total. The maximum Gasteiger partial charge on any atom is 0.319 e. The number of carbonyl (C=O) groups excluding carboxylic acids is 1. The molecule has 0 fully saturated rings. The molecule has 2 aromatic heterocycles. The lowest BCUT2D eigenvalue weighted by Gasteiger charge is -2.09. The summed E-state index contributed by atoms with van der Waals surface area (Å²) in [6.07, 6.45) is 7.58. The summed E-state index contributed by atoms with van der Waals surface area (Å²) in [5.74, 6) is 0. The predicted molar refractivity (Wildman–Crippen MR) is 105 cm³/mol. The minimum atomic E-state index is -0.257. The first kappa shape index (κ1) is 16.7. The summed E-state index contributed by atoms with van der Waals surface area (Å²) in [7, 11) is 0. The minimum absolute atomic E-state index is 0.257. The molecule has 0 aliphatic rings. The van der Waals surface area contributed by atoms with Crippen LogP contribution in [0.15, 0.2) is 91.5 Å². The highest BCUT2D eigenvalue weighted by Crippen LogP contribution is 2.15. The van der Waals surface area contributed by atoms with Crippen LogP contribution in [-0.4, -0.2) is 20.4 Å². The smallest absolute Gasteiger partial charge is 0.319 e. The van der Waals surface area contributed by atoms with Crippen LogP contribution >= 0.6 is 0 Å². The number of hydrogen-bond donors (Lipinski definition) is 2. The van der Waals surface area contributed by atoms with Crippen LogP contribution in [0.3, 0.4) is 0 Å². The molecule has 0 saturated heterocycles. The zero-order valence-corrected chi connectivity index (χ0v) is 14.6. The van der Waals surface area contributed by atoms with Gasteiger partial charge in [-0.15, -0.1) is 0 Å². The van der Waals surface area contributed by atoms with Gasteiger partial charge in [0, 0.05) is 42.1 Å². The van der Waals surface area contributed by atoms with Crippen molar-refractivity contribution in [2.45, 2.75) is 6.54 Å². The van der Waals surface area contributed by atoms with Gasteiger partial charge >= 0.3 is 6.03 Å². The third-order valence-corrected chi connectivity index (χ3v) is 4.12. The Hall–Kier alpha value is -3.80. The van der Waals surface area contributed by atoms with E-state index in [1.807, 2.05) is 89.9 Å². The summed E-state index contributed by atoms with van der Waals surface area (Å²) in [6.45, 7) is 0.399. The third kappa shape index (κ3) is 4.07. The summed E-state index contributed by atoms with van der Waals surface area (Å²) < 4.78 is 3.77. The summed E-state index contributed by atoms with van der Waals surface area (Å²) in [4.78, 5) is 12.2. The minimum Gasteiger partial charge on any atom is -0.334 e. The first-order valence-electron chi connectivity index (χ1n) is 8.65. The van der Waals surface area contributed by atoms with Gasteiger partial charge in [-0.1, -0.05) is 24.3 Å². The maximum atomic E-state index is 12.2. The van der Waals surface area contributed by atoms with E-state index in [4.69, 9.17) is 0 Å². The monoisotopic (exact) mass is 357 g/mol. The van der Waals surface area contributed by atoms with Crippen molar-refractivity contribution in [2.24, 2.45) is 0 Å². The van der Waals surface area contributed by atoms with Crippen molar-refractivity contribution in [3.05, 3.63) is 97.1 Å². The Bertz CT molecular complexity index is 1020. The van der Waals surface area contributed by atoms with Crippen LogP contribution in [0.5, 0.6) is 0 Å². The number of aromatic nitrogens is 3. The average Bonchev–Trinajstić information content (AvgIpc) is 3.40. The van der Waals surface area contributed by atoms with Gasteiger partial charge in [0.25, 0.3) is 0 Å². The quantitative estimate of drug-likeness (QED) is 0.567. The fraction of sp³-hybridized carbons (Fsp3) is 0.0476. The zero-order valence-electron chi connectivity index (χ0n) is 14.6. The Morgan fingerprint density at radius 2 is 1.70 bits per heavy atom. The van der Waals surface area contributed by atoms with E-state index in [2.05, 4.69) is 15.7 Å². The van der Waals surface area contributed by atoms with Gasteiger partial charge in [0.1, 0.15) is 0 Å². The fourth-order valence-electron chi connectivity index (χ4n) is 2.78. The van der Waals surface area contributed by atoms with E-state index in [9.17, 15) is 4.79 Å². The molecule has 6 heteroatoms. The molecule has 2 heterocycles. The summed E-state index contributed by atoms with van der Waals surface area (Å²) >= 11 is 0. The average molecular weight is 357 g/mol. The number of para-hydroxylation sites is 1. The number of anilines is 1. The molecule has 134 valence electrons. The van der Waals surface area contributed by atoms with Crippen molar-refractivity contribution in [1.29, 1.82) is 0 Å². The van der Waals surface area contributed by atoms with Crippen molar-refractivity contribution < 1.29 is 4.79 Å². The van der Waals surface area contributed by atoms with Gasteiger partial charge in [0.15, 0.2) is 0 Å². The topological polar surface area (TPSA) is 63.9 Å². The lowest BCUT2D eigenvalue weighted by molar-refractivity contribution is 0.251. The molecule has 0 bridgehead atoms. The van der Waals surface area contributed by atoms with Crippen LogP contribution in [0.2, 0.25) is 0 Å². The number of carbonyl (C=O) groups is 1. The molecule has 0 saturated carbocycles. The van der Waals surface area contributed by atoms with Crippen LogP contribution in [0, 0.1) is 0 Å². The second-order valence-electron chi connectivity index (χ2n) is 6.08. The highest BCUT2D eigenvalue weighted by molar-refractivity contribution is 5.89. The number of benzene rings is 2. The van der Waals surface area contributed by atoms with E-state index >= 15 is 0 Å². The molecule has 4 rings (SSSR count). The highest BCUT2D eigenvalue weighted by atomic mass is 16.2. The van der Waals surface area contributed by atoms with Crippen molar-refractivity contribution in [3.8, 4) is 11.4 Å². The summed E-state index contributed by atoms with van der Waals surface area (Å²) in [5, 5.41) is 10.0. The molecule has 0 spiro atoms. The highest BCUT2D eigenvalue weighted by Gasteiger charge is 2.05. The molecule has 0 aliphatic carbocycles. The Morgan fingerprint density at radius 3 is 2.52 bits per heavy atom. The normalized spacial score (nSPS) is 10.5. The van der Waals surface area contributed by atoms with Crippen LogP contribution in [-0.2, 0) is 6.54 Å². The van der Waals surface area contributed by atoms with Crippen LogP contribution in [0.25, 0.3) is 11.4 Å². The molecule has 2 amide bonds. The number of hydrogen-bond acceptors (Lipinski definition) is 2. The van der Waals surface area contributed by atoms with Crippen molar-refractivity contribution >= 4 is 11.7 Å².